The molecule has 2 rings (SSSR count). The van der Waals surface area contributed by atoms with Crippen molar-refractivity contribution in [2.75, 3.05) is 13.1 Å². The van der Waals surface area contributed by atoms with Gasteiger partial charge in [-0.2, -0.15) is 13.2 Å². The monoisotopic (exact) mass is 386 g/mol. The number of alkyl halides is 3. The third-order valence-corrected chi connectivity index (χ3v) is 4.74. The van der Waals surface area contributed by atoms with E-state index in [1.165, 1.54) is 6.07 Å². The van der Waals surface area contributed by atoms with Gasteiger partial charge >= 0.3 is 6.18 Å². The Morgan fingerprint density at radius 1 is 0.962 bits per heavy atom. The number of hydrogen-bond acceptors (Lipinski definition) is 3. The normalized spacial score (nSPS) is 12.0. The second-order valence-corrected chi connectivity index (χ2v) is 7.28. The number of carbonyl (C=O) groups excluding carboxylic acids is 1. The molecule has 0 saturated heterocycles. The fraction of sp³-hybridized carbons (Fsp3) is 0.235. The maximum atomic E-state index is 12.7. The van der Waals surface area contributed by atoms with Gasteiger partial charge in [0.05, 0.1) is 11.3 Å². The first-order valence-corrected chi connectivity index (χ1v) is 9.29. The number of carbonyl (C=O) groups is 1. The summed E-state index contributed by atoms with van der Waals surface area (Å²) in [5.41, 5.74) is -0.430. The Morgan fingerprint density at radius 3 is 2.31 bits per heavy atom. The van der Waals surface area contributed by atoms with Crippen molar-refractivity contribution in [2.24, 2.45) is 0 Å². The number of sulfonamides is 1. The van der Waals surface area contributed by atoms with Gasteiger partial charge in [0, 0.05) is 18.7 Å². The summed E-state index contributed by atoms with van der Waals surface area (Å²) in [6, 6.07) is 12.6. The molecule has 0 bridgehead atoms. The molecule has 0 aromatic heterocycles. The van der Waals surface area contributed by atoms with Gasteiger partial charge in [-0.25, -0.2) is 13.1 Å². The molecular weight excluding hydrogens is 369 g/mol. The Labute approximate surface area is 149 Å². The average Bonchev–Trinajstić information content (AvgIpc) is 2.58. The van der Waals surface area contributed by atoms with E-state index in [-0.39, 0.29) is 24.6 Å². The maximum Gasteiger partial charge on any atom is 0.416 e. The molecule has 0 radical (unpaired) electrons. The van der Waals surface area contributed by atoms with Crippen LogP contribution in [-0.4, -0.2) is 27.4 Å². The van der Waals surface area contributed by atoms with E-state index in [9.17, 15) is 26.4 Å². The lowest BCUT2D eigenvalue weighted by Crippen LogP contribution is -2.35. The van der Waals surface area contributed by atoms with Crippen LogP contribution in [0.4, 0.5) is 13.2 Å². The summed E-state index contributed by atoms with van der Waals surface area (Å²) >= 11 is 0. The van der Waals surface area contributed by atoms with Crippen LogP contribution in [0.1, 0.15) is 21.5 Å². The minimum Gasteiger partial charge on any atom is -0.351 e. The van der Waals surface area contributed by atoms with Crippen molar-refractivity contribution in [3.8, 4) is 0 Å². The molecule has 0 aliphatic carbocycles. The Hall–Kier alpha value is -2.39. The lowest BCUT2D eigenvalue weighted by Gasteiger charge is -2.10. The minimum atomic E-state index is -4.53. The second-order valence-electron chi connectivity index (χ2n) is 5.47. The summed E-state index contributed by atoms with van der Waals surface area (Å²) in [4.78, 5) is 11.8. The fourth-order valence-electron chi connectivity index (χ4n) is 2.18. The number of hydrogen-bond donors (Lipinski definition) is 2. The smallest absolute Gasteiger partial charge is 0.351 e. The molecule has 0 fully saturated rings. The van der Waals surface area contributed by atoms with Crippen molar-refractivity contribution in [3.05, 3.63) is 71.3 Å². The summed E-state index contributed by atoms with van der Waals surface area (Å²) < 4.78 is 64.2. The van der Waals surface area contributed by atoms with Gasteiger partial charge in [-0.3, -0.25) is 4.79 Å². The molecule has 2 aromatic carbocycles. The molecule has 26 heavy (non-hydrogen) atoms. The molecule has 0 aliphatic heterocycles. The van der Waals surface area contributed by atoms with Gasteiger partial charge in [0.25, 0.3) is 5.91 Å². The second kappa shape index (κ2) is 8.33. The number of benzene rings is 2. The fourth-order valence-corrected chi connectivity index (χ4v) is 3.32. The number of nitrogens with one attached hydrogen (secondary N) is 2. The van der Waals surface area contributed by atoms with E-state index in [1.807, 2.05) is 0 Å². The molecule has 5 nitrogen and oxygen atoms in total. The van der Waals surface area contributed by atoms with E-state index >= 15 is 0 Å². The highest BCUT2D eigenvalue weighted by molar-refractivity contribution is 7.88. The molecule has 2 aromatic rings. The van der Waals surface area contributed by atoms with Gasteiger partial charge in [0.1, 0.15) is 0 Å². The average molecular weight is 386 g/mol. The quantitative estimate of drug-likeness (QED) is 0.718. The zero-order valence-electron chi connectivity index (χ0n) is 13.6. The predicted octanol–water partition coefficient (Wildman–Crippen LogP) is 2.55. The molecular formula is C17H17F3N2O3S. The van der Waals surface area contributed by atoms with E-state index in [0.717, 1.165) is 18.2 Å². The third-order valence-electron chi connectivity index (χ3n) is 3.38. The molecule has 0 unspecified atom stereocenters. The van der Waals surface area contributed by atoms with Gasteiger partial charge in [0.15, 0.2) is 0 Å². The molecule has 0 atom stereocenters. The highest BCUT2D eigenvalue weighted by atomic mass is 32.2. The van der Waals surface area contributed by atoms with E-state index in [2.05, 4.69) is 10.0 Å². The van der Waals surface area contributed by atoms with Crippen molar-refractivity contribution in [1.82, 2.24) is 10.0 Å². The Balaban J connectivity index is 1.85. The van der Waals surface area contributed by atoms with Gasteiger partial charge in [0.2, 0.25) is 10.0 Å². The summed E-state index contributed by atoms with van der Waals surface area (Å²) in [6.07, 6.45) is -4.53. The molecule has 0 heterocycles. The molecule has 2 N–H and O–H groups in total. The third kappa shape index (κ3) is 6.16. The lowest BCUT2D eigenvalue weighted by atomic mass is 10.1. The Morgan fingerprint density at radius 2 is 1.65 bits per heavy atom. The predicted molar refractivity (Wildman–Crippen MR) is 90.8 cm³/mol. The van der Waals surface area contributed by atoms with Crippen LogP contribution in [0.2, 0.25) is 0 Å². The molecule has 0 aliphatic rings. The first-order valence-electron chi connectivity index (χ1n) is 7.64. The summed E-state index contributed by atoms with van der Waals surface area (Å²) in [7, 11) is -3.83. The van der Waals surface area contributed by atoms with E-state index in [4.69, 9.17) is 0 Å². The first-order chi connectivity index (χ1) is 12.2. The van der Waals surface area contributed by atoms with Crippen LogP contribution >= 0.6 is 0 Å². The largest absolute Gasteiger partial charge is 0.416 e. The summed E-state index contributed by atoms with van der Waals surface area (Å²) in [5, 5.41) is 2.55. The molecule has 1 amide bonds. The van der Waals surface area contributed by atoms with Crippen LogP contribution in [0, 0.1) is 0 Å². The SMILES string of the molecule is O=C(NCCNS(=O)(=O)Cc1cccc(C(F)(F)F)c1)c1ccccc1. The highest BCUT2D eigenvalue weighted by Crippen LogP contribution is 2.29. The van der Waals surface area contributed by atoms with Crippen molar-refractivity contribution in [3.63, 3.8) is 0 Å². The van der Waals surface area contributed by atoms with Gasteiger partial charge in [-0.1, -0.05) is 36.4 Å². The minimum absolute atomic E-state index is 0.0284. The molecule has 0 spiro atoms. The Bertz CT molecular complexity index is 853. The van der Waals surface area contributed by atoms with Crippen molar-refractivity contribution in [1.29, 1.82) is 0 Å². The highest BCUT2D eigenvalue weighted by Gasteiger charge is 2.30. The topological polar surface area (TPSA) is 75.3 Å². The van der Waals surface area contributed by atoms with Crippen LogP contribution in [0.15, 0.2) is 54.6 Å². The van der Waals surface area contributed by atoms with Crippen LogP contribution in [0.3, 0.4) is 0 Å². The van der Waals surface area contributed by atoms with E-state index in [0.29, 0.717) is 5.56 Å². The lowest BCUT2D eigenvalue weighted by molar-refractivity contribution is -0.137. The summed E-state index contributed by atoms with van der Waals surface area (Å²) in [6.45, 7) is -0.0184. The van der Waals surface area contributed by atoms with Gasteiger partial charge in [-0.15, -0.1) is 0 Å². The van der Waals surface area contributed by atoms with E-state index < -0.39 is 27.5 Å². The molecule has 0 saturated carbocycles. The molecule has 140 valence electrons. The van der Waals surface area contributed by atoms with Gasteiger partial charge in [-0.05, 0) is 23.8 Å². The summed E-state index contributed by atoms with van der Waals surface area (Å²) in [5.74, 6) is -0.925. The first kappa shape index (κ1) is 19.9. The maximum absolute atomic E-state index is 12.7. The zero-order chi connectivity index (χ0) is 19.2. The van der Waals surface area contributed by atoms with Crippen molar-refractivity contribution in [2.45, 2.75) is 11.9 Å². The van der Waals surface area contributed by atoms with Crippen LogP contribution < -0.4 is 10.0 Å². The zero-order valence-corrected chi connectivity index (χ0v) is 14.4. The van der Waals surface area contributed by atoms with Crippen molar-refractivity contribution < 1.29 is 26.4 Å². The number of rotatable bonds is 7. The van der Waals surface area contributed by atoms with Crippen LogP contribution in [-0.2, 0) is 22.0 Å². The van der Waals surface area contributed by atoms with E-state index in [1.54, 1.807) is 30.3 Å². The van der Waals surface area contributed by atoms with Crippen LogP contribution in [0.25, 0.3) is 0 Å². The molecule has 9 heteroatoms. The Kier molecular flexibility index (Phi) is 6.38. The van der Waals surface area contributed by atoms with Gasteiger partial charge < -0.3 is 5.32 Å². The standard InChI is InChI=1S/C17H17F3N2O3S/c18-17(19,20)15-8-4-5-13(11-15)12-26(24,25)22-10-9-21-16(23)14-6-2-1-3-7-14/h1-8,11,22H,9-10,12H2,(H,21,23). The van der Waals surface area contributed by atoms with Crippen molar-refractivity contribution >= 4 is 15.9 Å². The van der Waals surface area contributed by atoms with Crippen LogP contribution in [0.5, 0.6) is 0 Å². The number of amides is 1. The number of halogens is 3.